The fourth-order valence-electron chi connectivity index (χ4n) is 4.68. The molecule has 38 heavy (non-hydrogen) atoms. The van der Waals surface area contributed by atoms with Gasteiger partial charge in [0.1, 0.15) is 16.9 Å². The number of pyridine rings is 4. The van der Waals surface area contributed by atoms with Crippen molar-refractivity contribution >= 4 is 33.5 Å². The van der Waals surface area contributed by atoms with Crippen molar-refractivity contribution in [2.75, 3.05) is 5.32 Å². The van der Waals surface area contributed by atoms with Crippen molar-refractivity contribution in [2.45, 2.75) is 19.3 Å². The summed E-state index contributed by atoms with van der Waals surface area (Å²) in [6.45, 7) is 0. The molecule has 0 aliphatic heterocycles. The van der Waals surface area contributed by atoms with Crippen molar-refractivity contribution in [2.24, 2.45) is 5.92 Å². The highest BCUT2D eigenvalue weighted by Gasteiger charge is 2.26. The molecule has 186 valence electrons. The first-order chi connectivity index (χ1) is 18.7. The standard InChI is InChI=1S/C27H20FN9O/c28-22-21-19(13-32-23(22)16-7-17(10-30-9-16)33-27(38)14-3-1-4-14)36-37-25(21)26-34-20-12-31-11-18(24(20)35-26)15-5-2-6-29-8-15/h2,5-14H,1,3-4H2,(H,33,38)(H,34,35)(H,36,37). The number of anilines is 1. The topological polar surface area (TPSA) is 138 Å². The molecule has 6 aromatic heterocycles. The SMILES string of the molecule is O=C(Nc1cncc(-c2ncc3[nH]nc(-c4nc5c(-c6cccnc6)cncc5[nH]4)c3c2F)c1)C1CCC1. The van der Waals surface area contributed by atoms with Gasteiger partial charge < -0.3 is 10.3 Å². The summed E-state index contributed by atoms with van der Waals surface area (Å²) in [6.07, 6.45) is 14.2. The maximum Gasteiger partial charge on any atom is 0.227 e. The third-order valence-electron chi connectivity index (χ3n) is 6.89. The Morgan fingerprint density at radius 1 is 0.974 bits per heavy atom. The van der Waals surface area contributed by atoms with Crippen LogP contribution in [-0.2, 0) is 4.79 Å². The first kappa shape index (κ1) is 22.2. The first-order valence-electron chi connectivity index (χ1n) is 12.2. The molecule has 0 unspecified atom stereocenters. The van der Waals surface area contributed by atoms with Crippen LogP contribution in [0.2, 0.25) is 0 Å². The summed E-state index contributed by atoms with van der Waals surface area (Å²) in [5, 5.41) is 10.3. The Hall–Kier alpha value is -5.06. The molecular formula is C27H20FN9O. The molecule has 1 saturated carbocycles. The van der Waals surface area contributed by atoms with Crippen LogP contribution in [0, 0.1) is 11.7 Å². The summed E-state index contributed by atoms with van der Waals surface area (Å²) in [5.74, 6) is -0.195. The van der Waals surface area contributed by atoms with Crippen LogP contribution in [0.1, 0.15) is 19.3 Å². The Morgan fingerprint density at radius 3 is 2.66 bits per heavy atom. The molecule has 1 fully saturated rings. The van der Waals surface area contributed by atoms with Gasteiger partial charge >= 0.3 is 0 Å². The third-order valence-corrected chi connectivity index (χ3v) is 6.89. The number of nitrogens with one attached hydrogen (secondary N) is 3. The Balaban J connectivity index is 1.30. The number of amides is 1. The van der Waals surface area contributed by atoms with Crippen molar-refractivity contribution in [3.63, 3.8) is 0 Å². The average molecular weight is 506 g/mol. The number of carbonyl (C=O) groups excluding carboxylic acids is 1. The van der Waals surface area contributed by atoms with E-state index in [1.807, 2.05) is 12.1 Å². The van der Waals surface area contributed by atoms with E-state index in [0.29, 0.717) is 39.3 Å². The smallest absolute Gasteiger partial charge is 0.227 e. The number of aromatic amines is 2. The Bertz CT molecular complexity index is 1830. The highest BCUT2D eigenvalue weighted by molar-refractivity contribution is 5.98. The molecule has 0 bridgehead atoms. The number of aromatic nitrogens is 8. The molecule has 1 aliphatic rings. The summed E-state index contributed by atoms with van der Waals surface area (Å²) in [4.78, 5) is 37.4. The zero-order chi connectivity index (χ0) is 25.6. The summed E-state index contributed by atoms with van der Waals surface area (Å²) in [6, 6.07) is 5.44. The largest absolute Gasteiger partial charge is 0.335 e. The highest BCUT2D eigenvalue weighted by atomic mass is 19.1. The number of hydrogen-bond donors (Lipinski definition) is 3. The lowest BCUT2D eigenvalue weighted by Gasteiger charge is -2.24. The second-order valence-corrected chi connectivity index (χ2v) is 9.27. The van der Waals surface area contributed by atoms with Gasteiger partial charge in [-0.3, -0.25) is 29.8 Å². The van der Waals surface area contributed by atoms with Gasteiger partial charge in [0.15, 0.2) is 11.6 Å². The average Bonchev–Trinajstić information content (AvgIpc) is 3.53. The molecule has 6 heterocycles. The van der Waals surface area contributed by atoms with Gasteiger partial charge in [-0.15, -0.1) is 0 Å². The number of halogens is 1. The minimum absolute atomic E-state index is 0.0241. The molecule has 6 aromatic rings. The minimum Gasteiger partial charge on any atom is -0.335 e. The molecule has 3 N–H and O–H groups in total. The van der Waals surface area contributed by atoms with Crippen LogP contribution in [-0.4, -0.2) is 46.0 Å². The molecule has 0 saturated heterocycles. The predicted octanol–water partition coefficient (Wildman–Crippen LogP) is 4.90. The van der Waals surface area contributed by atoms with E-state index < -0.39 is 5.82 Å². The Kier molecular flexibility index (Phi) is 5.13. The van der Waals surface area contributed by atoms with E-state index in [2.05, 4.69) is 40.4 Å². The second kappa shape index (κ2) is 8.80. The zero-order valence-corrected chi connectivity index (χ0v) is 19.9. The van der Waals surface area contributed by atoms with Gasteiger partial charge in [0.05, 0.1) is 40.7 Å². The maximum absolute atomic E-state index is 16.0. The van der Waals surface area contributed by atoms with Crippen LogP contribution in [0.25, 0.3) is 55.8 Å². The number of rotatable bonds is 5. The van der Waals surface area contributed by atoms with Crippen LogP contribution in [0.4, 0.5) is 10.1 Å². The van der Waals surface area contributed by atoms with Gasteiger partial charge in [-0.25, -0.2) is 9.37 Å². The third kappa shape index (κ3) is 3.67. The van der Waals surface area contributed by atoms with Crippen LogP contribution in [0.3, 0.4) is 0 Å². The molecule has 0 spiro atoms. The summed E-state index contributed by atoms with van der Waals surface area (Å²) in [7, 11) is 0. The van der Waals surface area contributed by atoms with E-state index in [1.54, 1.807) is 37.1 Å². The molecule has 1 aliphatic carbocycles. The van der Waals surface area contributed by atoms with Crippen LogP contribution < -0.4 is 5.32 Å². The monoisotopic (exact) mass is 505 g/mol. The van der Waals surface area contributed by atoms with Crippen molar-refractivity contribution in [1.29, 1.82) is 0 Å². The van der Waals surface area contributed by atoms with E-state index in [0.717, 1.165) is 30.4 Å². The lowest BCUT2D eigenvalue weighted by molar-refractivity contribution is -0.122. The van der Waals surface area contributed by atoms with Gasteiger partial charge in [-0.2, -0.15) is 5.10 Å². The van der Waals surface area contributed by atoms with Crippen molar-refractivity contribution < 1.29 is 9.18 Å². The first-order valence-corrected chi connectivity index (χ1v) is 12.2. The van der Waals surface area contributed by atoms with E-state index in [9.17, 15) is 4.79 Å². The van der Waals surface area contributed by atoms with Crippen molar-refractivity contribution in [1.82, 2.24) is 40.1 Å². The summed E-state index contributed by atoms with van der Waals surface area (Å²) >= 11 is 0. The molecule has 0 atom stereocenters. The van der Waals surface area contributed by atoms with E-state index in [-0.39, 0.29) is 22.9 Å². The van der Waals surface area contributed by atoms with Gasteiger partial charge in [0, 0.05) is 47.4 Å². The van der Waals surface area contributed by atoms with Crippen LogP contribution in [0.15, 0.2) is 61.6 Å². The molecule has 1 amide bonds. The van der Waals surface area contributed by atoms with Crippen LogP contribution in [0.5, 0.6) is 0 Å². The molecule has 0 aromatic carbocycles. The highest BCUT2D eigenvalue weighted by Crippen LogP contribution is 2.34. The molecule has 11 heteroatoms. The number of H-pyrrole nitrogens is 2. The van der Waals surface area contributed by atoms with Gasteiger partial charge in [0.2, 0.25) is 5.91 Å². The second-order valence-electron chi connectivity index (χ2n) is 9.27. The normalized spacial score (nSPS) is 13.6. The van der Waals surface area contributed by atoms with Crippen molar-refractivity contribution in [3.8, 4) is 33.9 Å². The predicted molar refractivity (Wildman–Crippen MR) is 139 cm³/mol. The Labute approximate surface area is 214 Å². The van der Waals surface area contributed by atoms with Crippen LogP contribution >= 0.6 is 0 Å². The van der Waals surface area contributed by atoms with E-state index >= 15 is 4.39 Å². The van der Waals surface area contributed by atoms with E-state index in [4.69, 9.17) is 4.98 Å². The molecule has 0 radical (unpaired) electrons. The number of carbonyl (C=O) groups is 1. The van der Waals surface area contributed by atoms with Gasteiger partial charge in [-0.05, 0) is 25.0 Å². The molecular weight excluding hydrogens is 485 g/mol. The number of imidazole rings is 1. The summed E-state index contributed by atoms with van der Waals surface area (Å²) < 4.78 is 16.0. The molecule has 10 nitrogen and oxygen atoms in total. The quantitative estimate of drug-likeness (QED) is 0.303. The lowest BCUT2D eigenvalue weighted by atomic mass is 9.85. The van der Waals surface area contributed by atoms with Gasteiger partial charge in [-0.1, -0.05) is 12.5 Å². The number of fused-ring (bicyclic) bond motifs is 2. The maximum atomic E-state index is 16.0. The minimum atomic E-state index is -0.568. The number of nitrogens with zero attached hydrogens (tertiary/aromatic N) is 6. The molecule has 7 rings (SSSR count). The zero-order valence-electron chi connectivity index (χ0n) is 19.9. The number of hydrogen-bond acceptors (Lipinski definition) is 7. The van der Waals surface area contributed by atoms with Crippen molar-refractivity contribution in [3.05, 3.63) is 67.4 Å². The van der Waals surface area contributed by atoms with Gasteiger partial charge in [0.25, 0.3) is 0 Å². The fourth-order valence-corrected chi connectivity index (χ4v) is 4.68. The summed E-state index contributed by atoms with van der Waals surface area (Å²) in [5.41, 5.74) is 4.81. The Morgan fingerprint density at radius 2 is 1.84 bits per heavy atom. The van der Waals surface area contributed by atoms with E-state index in [1.165, 1.54) is 12.4 Å². The lowest BCUT2D eigenvalue weighted by Crippen LogP contribution is -2.28. The fraction of sp³-hybridized carbons (Fsp3) is 0.148.